The van der Waals surface area contributed by atoms with Crippen LogP contribution in [-0.4, -0.2) is 21.1 Å². The first-order valence-electron chi connectivity index (χ1n) is 7.55. The largest absolute Gasteiger partial charge is 0.491 e. The van der Waals surface area contributed by atoms with Crippen LogP contribution in [0.2, 0.25) is 0 Å². The van der Waals surface area contributed by atoms with Crippen LogP contribution in [0, 0.1) is 25.2 Å². The Morgan fingerprint density at radius 3 is 2.42 bits per heavy atom. The molecule has 0 radical (unpaired) electrons. The molecule has 0 aliphatic carbocycles. The van der Waals surface area contributed by atoms with Gasteiger partial charge in [0, 0.05) is 0 Å². The van der Waals surface area contributed by atoms with E-state index in [2.05, 4.69) is 4.72 Å². The monoisotopic (exact) mass is 344 g/mol. The third kappa shape index (κ3) is 4.34. The topological polar surface area (TPSA) is 79.2 Å². The summed E-state index contributed by atoms with van der Waals surface area (Å²) < 4.78 is 33.1. The molecule has 0 amide bonds. The van der Waals surface area contributed by atoms with Gasteiger partial charge in [0.25, 0.3) is 0 Å². The van der Waals surface area contributed by atoms with Crippen LogP contribution in [0.1, 0.15) is 23.6 Å². The van der Waals surface area contributed by atoms with E-state index in [1.165, 1.54) is 12.1 Å². The maximum atomic E-state index is 12.4. The predicted octanol–water partition coefficient (Wildman–Crippen LogP) is 2.92. The molecule has 2 aromatic carbocycles. The van der Waals surface area contributed by atoms with Crippen molar-refractivity contribution in [3.05, 3.63) is 59.2 Å². The Balaban J connectivity index is 2.06. The zero-order valence-electron chi connectivity index (χ0n) is 13.9. The molecular formula is C18H20N2O3S. The van der Waals surface area contributed by atoms with Crippen LogP contribution in [0.15, 0.2) is 47.4 Å². The highest BCUT2D eigenvalue weighted by atomic mass is 32.2. The van der Waals surface area contributed by atoms with Gasteiger partial charge in [-0.05, 0) is 50.1 Å². The highest BCUT2D eigenvalue weighted by Crippen LogP contribution is 2.22. The zero-order chi connectivity index (χ0) is 17.7. The molecule has 0 heterocycles. The summed E-state index contributed by atoms with van der Waals surface area (Å²) in [6.45, 7) is 5.84. The number of nitrogens with one attached hydrogen (secondary N) is 1. The number of sulfonamides is 1. The Morgan fingerprint density at radius 1 is 1.17 bits per heavy atom. The fraction of sp³-hybridized carbons (Fsp3) is 0.278. The van der Waals surface area contributed by atoms with Gasteiger partial charge in [0.05, 0.1) is 22.6 Å². The molecule has 5 nitrogen and oxygen atoms in total. The van der Waals surface area contributed by atoms with E-state index in [4.69, 9.17) is 10.00 Å². The number of benzene rings is 2. The van der Waals surface area contributed by atoms with Crippen LogP contribution in [0.4, 0.5) is 0 Å². The summed E-state index contributed by atoms with van der Waals surface area (Å²) in [6.07, 6.45) is 0. The molecular weight excluding hydrogens is 324 g/mol. The number of hydrogen-bond acceptors (Lipinski definition) is 4. The Labute approximate surface area is 142 Å². The van der Waals surface area contributed by atoms with Crippen LogP contribution in [0.3, 0.4) is 0 Å². The zero-order valence-corrected chi connectivity index (χ0v) is 14.7. The van der Waals surface area contributed by atoms with E-state index in [9.17, 15) is 8.42 Å². The maximum Gasteiger partial charge on any atom is 0.240 e. The highest BCUT2D eigenvalue weighted by molar-refractivity contribution is 7.89. The van der Waals surface area contributed by atoms with E-state index in [-0.39, 0.29) is 11.5 Å². The van der Waals surface area contributed by atoms with Crippen molar-refractivity contribution < 1.29 is 13.2 Å². The van der Waals surface area contributed by atoms with Gasteiger partial charge in [0.2, 0.25) is 10.0 Å². The number of nitrogens with zero attached hydrogens (tertiary/aromatic N) is 1. The van der Waals surface area contributed by atoms with Crippen molar-refractivity contribution in [3.8, 4) is 11.8 Å². The molecule has 0 spiro atoms. The van der Waals surface area contributed by atoms with Gasteiger partial charge < -0.3 is 4.74 Å². The number of nitriles is 1. The Morgan fingerprint density at radius 2 is 1.79 bits per heavy atom. The SMILES string of the molecule is Cc1cccc(C)c1OCC(C)NS(=O)(=O)c1cccc(C#N)c1. The van der Waals surface area contributed by atoms with Gasteiger partial charge >= 0.3 is 0 Å². The quantitative estimate of drug-likeness (QED) is 0.874. The smallest absolute Gasteiger partial charge is 0.240 e. The standard InChI is InChI=1S/C18H20N2O3S/c1-13-6-4-7-14(2)18(13)23-12-15(3)20-24(21,22)17-9-5-8-16(10-17)11-19/h4-10,15,20H,12H2,1-3H3. The summed E-state index contributed by atoms with van der Waals surface area (Å²) in [5.74, 6) is 0.773. The molecule has 6 heteroatoms. The second-order valence-electron chi connectivity index (χ2n) is 5.69. The summed E-state index contributed by atoms with van der Waals surface area (Å²) in [6, 6.07) is 13.3. The van der Waals surface area contributed by atoms with Gasteiger partial charge in [0.15, 0.2) is 0 Å². The lowest BCUT2D eigenvalue weighted by Crippen LogP contribution is -2.36. The molecule has 2 aromatic rings. The molecule has 0 saturated heterocycles. The molecule has 0 aliphatic rings. The van der Waals surface area contributed by atoms with Crippen LogP contribution in [-0.2, 0) is 10.0 Å². The van der Waals surface area contributed by atoms with Crippen LogP contribution < -0.4 is 9.46 Å². The average Bonchev–Trinajstić information content (AvgIpc) is 2.54. The van der Waals surface area contributed by atoms with Crippen LogP contribution in [0.5, 0.6) is 5.75 Å². The van der Waals surface area contributed by atoms with E-state index in [0.29, 0.717) is 5.56 Å². The van der Waals surface area contributed by atoms with Gasteiger partial charge in [-0.1, -0.05) is 24.3 Å². The van der Waals surface area contributed by atoms with Crippen molar-refractivity contribution >= 4 is 10.0 Å². The number of ether oxygens (including phenoxy) is 1. The van der Waals surface area contributed by atoms with Gasteiger partial charge in [-0.3, -0.25) is 0 Å². The summed E-state index contributed by atoms with van der Waals surface area (Å²) in [7, 11) is -3.70. The highest BCUT2D eigenvalue weighted by Gasteiger charge is 2.18. The molecule has 0 aliphatic heterocycles. The minimum absolute atomic E-state index is 0.0699. The summed E-state index contributed by atoms with van der Waals surface area (Å²) in [4.78, 5) is 0.0699. The molecule has 1 unspecified atom stereocenters. The molecule has 0 fully saturated rings. The van der Waals surface area contributed by atoms with E-state index >= 15 is 0 Å². The summed E-state index contributed by atoms with van der Waals surface area (Å²) in [5, 5.41) is 8.89. The fourth-order valence-corrected chi connectivity index (χ4v) is 3.61. The molecule has 1 N–H and O–H groups in total. The third-order valence-electron chi connectivity index (χ3n) is 3.52. The molecule has 0 saturated carbocycles. The van der Waals surface area contributed by atoms with Crippen molar-refractivity contribution in [2.45, 2.75) is 31.7 Å². The van der Waals surface area contributed by atoms with Crippen molar-refractivity contribution in [3.63, 3.8) is 0 Å². The third-order valence-corrected chi connectivity index (χ3v) is 5.10. The maximum absolute atomic E-state index is 12.4. The Hall–Kier alpha value is -2.36. The van der Waals surface area contributed by atoms with Gasteiger partial charge in [-0.15, -0.1) is 0 Å². The summed E-state index contributed by atoms with van der Waals surface area (Å²) in [5.41, 5.74) is 2.32. The number of hydrogen-bond donors (Lipinski definition) is 1. The minimum Gasteiger partial charge on any atom is -0.491 e. The Bertz CT molecular complexity index is 850. The van der Waals surface area contributed by atoms with Crippen molar-refractivity contribution in [2.24, 2.45) is 0 Å². The van der Waals surface area contributed by atoms with E-state index in [1.54, 1.807) is 19.1 Å². The van der Waals surface area contributed by atoms with Gasteiger partial charge in [0.1, 0.15) is 12.4 Å². The average molecular weight is 344 g/mol. The van der Waals surface area contributed by atoms with Crippen molar-refractivity contribution in [1.29, 1.82) is 5.26 Å². The summed E-state index contributed by atoms with van der Waals surface area (Å²) >= 11 is 0. The minimum atomic E-state index is -3.70. The van der Waals surface area contributed by atoms with E-state index in [1.807, 2.05) is 38.1 Å². The van der Waals surface area contributed by atoms with Gasteiger partial charge in [-0.2, -0.15) is 5.26 Å². The molecule has 0 bridgehead atoms. The molecule has 0 aromatic heterocycles. The first-order valence-corrected chi connectivity index (χ1v) is 9.03. The van der Waals surface area contributed by atoms with E-state index in [0.717, 1.165) is 16.9 Å². The van der Waals surface area contributed by atoms with Crippen molar-refractivity contribution in [2.75, 3.05) is 6.61 Å². The normalized spacial score (nSPS) is 12.4. The first-order chi connectivity index (χ1) is 11.3. The van der Waals surface area contributed by atoms with Crippen LogP contribution >= 0.6 is 0 Å². The lowest BCUT2D eigenvalue weighted by atomic mass is 10.1. The molecule has 126 valence electrons. The first kappa shape index (κ1) is 18.0. The van der Waals surface area contributed by atoms with Gasteiger partial charge in [-0.25, -0.2) is 13.1 Å². The van der Waals surface area contributed by atoms with E-state index < -0.39 is 16.1 Å². The predicted molar refractivity (Wildman–Crippen MR) is 92.4 cm³/mol. The second-order valence-corrected chi connectivity index (χ2v) is 7.41. The Kier molecular flexibility index (Phi) is 5.60. The lowest BCUT2D eigenvalue weighted by Gasteiger charge is -2.17. The second kappa shape index (κ2) is 7.47. The van der Waals surface area contributed by atoms with Crippen LogP contribution in [0.25, 0.3) is 0 Å². The molecule has 1 atom stereocenters. The molecule has 2 rings (SSSR count). The number of para-hydroxylation sites is 1. The molecule has 24 heavy (non-hydrogen) atoms. The number of aryl methyl sites for hydroxylation is 2. The van der Waals surface area contributed by atoms with Crippen molar-refractivity contribution in [1.82, 2.24) is 4.72 Å². The number of rotatable bonds is 6. The fourth-order valence-electron chi connectivity index (χ4n) is 2.33. The lowest BCUT2D eigenvalue weighted by molar-refractivity contribution is 0.284.